The van der Waals surface area contributed by atoms with Crippen LogP contribution in [0, 0.1) is 0 Å². The van der Waals surface area contributed by atoms with Gasteiger partial charge in [-0.1, -0.05) is 57.8 Å². The highest BCUT2D eigenvalue weighted by molar-refractivity contribution is 5.88. The Labute approximate surface area is 216 Å². The van der Waals surface area contributed by atoms with Gasteiger partial charge < -0.3 is 34.7 Å². The van der Waals surface area contributed by atoms with Crippen molar-refractivity contribution in [3.63, 3.8) is 0 Å². The van der Waals surface area contributed by atoms with Crippen LogP contribution >= 0.6 is 0 Å². The van der Waals surface area contributed by atoms with E-state index in [0.29, 0.717) is 18.6 Å². The molecule has 0 saturated heterocycles. The number of methoxy groups -OCH3 is 1. The van der Waals surface area contributed by atoms with Crippen molar-refractivity contribution in [2.45, 2.75) is 77.0 Å². The summed E-state index contributed by atoms with van der Waals surface area (Å²) in [7, 11) is 1.43. The van der Waals surface area contributed by atoms with Crippen molar-refractivity contribution in [3.8, 4) is 40.1 Å². The summed E-state index contributed by atoms with van der Waals surface area (Å²) in [4.78, 5) is 13.5. The van der Waals surface area contributed by atoms with Gasteiger partial charge in [0, 0.05) is 30.4 Å². The normalized spacial score (nSPS) is 11.3. The number of aliphatic hydroxyl groups is 1. The van der Waals surface area contributed by atoms with Gasteiger partial charge in [-0.15, -0.1) is 0 Å². The molecule has 37 heavy (non-hydrogen) atoms. The van der Waals surface area contributed by atoms with Gasteiger partial charge in [0.15, 0.2) is 16.9 Å². The van der Waals surface area contributed by atoms with E-state index in [-0.39, 0.29) is 46.0 Å². The Balaban J connectivity index is 1.73. The zero-order valence-corrected chi connectivity index (χ0v) is 21.5. The summed E-state index contributed by atoms with van der Waals surface area (Å²) < 4.78 is 11.2. The molecule has 0 fully saturated rings. The van der Waals surface area contributed by atoms with Crippen LogP contribution in [0.15, 0.2) is 33.5 Å². The third kappa shape index (κ3) is 7.32. The van der Waals surface area contributed by atoms with Gasteiger partial charge in [-0.2, -0.15) is 0 Å². The standard InChI is InChI=1S/C29H38O8/c1-36-19-15-25(34)27-26(16-19)37-29(21-17-23(32)24(33)18-22(21)31)20(28(27)35)13-11-9-7-5-3-2-4-6-8-10-12-14-30/h15-18,30-34H,2-14H2,1H3. The van der Waals surface area contributed by atoms with E-state index >= 15 is 0 Å². The fourth-order valence-electron chi connectivity index (χ4n) is 4.63. The van der Waals surface area contributed by atoms with Gasteiger partial charge in [0.25, 0.3) is 0 Å². The largest absolute Gasteiger partial charge is 0.507 e. The van der Waals surface area contributed by atoms with Crippen LogP contribution in [0.3, 0.4) is 0 Å². The van der Waals surface area contributed by atoms with E-state index in [0.717, 1.165) is 44.2 Å². The molecule has 5 N–H and O–H groups in total. The van der Waals surface area contributed by atoms with Crippen LogP contribution in [0.4, 0.5) is 0 Å². The Bertz CT molecular complexity index is 1230. The minimum Gasteiger partial charge on any atom is -0.507 e. The summed E-state index contributed by atoms with van der Waals surface area (Å²) in [6.07, 6.45) is 12.1. The number of phenolic OH excluding ortho intramolecular Hbond substituents is 4. The van der Waals surface area contributed by atoms with Crippen LogP contribution in [0.1, 0.15) is 76.2 Å². The lowest BCUT2D eigenvalue weighted by atomic mass is 9.97. The van der Waals surface area contributed by atoms with Gasteiger partial charge in [0.05, 0.1) is 12.7 Å². The maximum Gasteiger partial charge on any atom is 0.200 e. The molecule has 8 nitrogen and oxygen atoms in total. The van der Waals surface area contributed by atoms with Crippen molar-refractivity contribution >= 4 is 11.0 Å². The van der Waals surface area contributed by atoms with Crippen LogP contribution in [0.5, 0.6) is 28.7 Å². The highest BCUT2D eigenvalue weighted by atomic mass is 16.5. The molecule has 2 aromatic carbocycles. The summed E-state index contributed by atoms with van der Waals surface area (Å²) in [5, 5.41) is 49.6. The zero-order chi connectivity index (χ0) is 26.8. The zero-order valence-electron chi connectivity index (χ0n) is 21.5. The quantitative estimate of drug-likeness (QED) is 0.0928. The first kappa shape index (κ1) is 28.2. The number of hydrogen-bond donors (Lipinski definition) is 5. The van der Waals surface area contributed by atoms with Gasteiger partial charge in [-0.25, -0.2) is 0 Å². The van der Waals surface area contributed by atoms with Crippen LogP contribution < -0.4 is 10.2 Å². The van der Waals surface area contributed by atoms with Crippen LogP contribution in [-0.2, 0) is 6.42 Å². The molecule has 0 aliphatic carbocycles. The van der Waals surface area contributed by atoms with E-state index in [1.165, 1.54) is 51.3 Å². The molecule has 0 bridgehead atoms. The van der Waals surface area contributed by atoms with E-state index in [4.69, 9.17) is 14.3 Å². The molecule has 8 heteroatoms. The number of rotatable bonds is 15. The number of aromatic hydroxyl groups is 4. The lowest BCUT2D eigenvalue weighted by Crippen LogP contribution is -2.12. The van der Waals surface area contributed by atoms with Crippen molar-refractivity contribution in [2.75, 3.05) is 13.7 Å². The number of fused-ring (bicyclic) bond motifs is 1. The summed E-state index contributed by atoms with van der Waals surface area (Å²) in [6, 6.07) is 4.98. The second-order valence-electron chi connectivity index (χ2n) is 9.48. The Morgan fingerprint density at radius 2 is 1.27 bits per heavy atom. The molecule has 202 valence electrons. The number of unbranched alkanes of at least 4 members (excludes halogenated alkanes) is 10. The molecule has 0 radical (unpaired) electrons. The molecule has 0 aliphatic heterocycles. The molecule has 1 heterocycles. The van der Waals surface area contributed by atoms with Crippen molar-refractivity contribution in [2.24, 2.45) is 0 Å². The highest BCUT2D eigenvalue weighted by Gasteiger charge is 2.22. The molecular weight excluding hydrogens is 476 g/mol. The molecule has 3 rings (SSSR count). The second kappa shape index (κ2) is 13.8. The molecule has 0 spiro atoms. The third-order valence-corrected chi connectivity index (χ3v) is 6.70. The first-order valence-corrected chi connectivity index (χ1v) is 13.1. The first-order chi connectivity index (χ1) is 17.9. The van der Waals surface area contributed by atoms with E-state index in [2.05, 4.69) is 0 Å². The van der Waals surface area contributed by atoms with E-state index in [1.54, 1.807) is 0 Å². The molecule has 0 unspecified atom stereocenters. The maximum absolute atomic E-state index is 13.5. The highest BCUT2D eigenvalue weighted by Crippen LogP contribution is 2.41. The number of phenols is 4. The Morgan fingerprint density at radius 1 is 0.703 bits per heavy atom. The summed E-state index contributed by atoms with van der Waals surface area (Å²) in [5.41, 5.74) is 0.0373. The van der Waals surface area contributed by atoms with Crippen LogP contribution in [0.2, 0.25) is 0 Å². The fourth-order valence-corrected chi connectivity index (χ4v) is 4.63. The molecule has 0 aliphatic rings. The van der Waals surface area contributed by atoms with E-state index in [9.17, 15) is 25.2 Å². The second-order valence-corrected chi connectivity index (χ2v) is 9.48. The number of ether oxygens (including phenoxy) is 1. The monoisotopic (exact) mass is 514 g/mol. The van der Waals surface area contributed by atoms with Gasteiger partial charge in [0.2, 0.25) is 0 Å². The van der Waals surface area contributed by atoms with Crippen LogP contribution in [-0.4, -0.2) is 39.2 Å². The Kier molecular flexibility index (Phi) is 10.5. The van der Waals surface area contributed by atoms with Gasteiger partial charge in [0.1, 0.15) is 34.0 Å². The van der Waals surface area contributed by atoms with Crippen molar-refractivity contribution < 1.29 is 34.7 Å². The molecule has 0 atom stereocenters. The predicted octanol–water partition coefficient (Wildman–Crippen LogP) is 6.12. The average Bonchev–Trinajstić information content (AvgIpc) is 2.87. The Morgan fingerprint density at radius 3 is 1.86 bits per heavy atom. The fraction of sp³-hybridized carbons (Fsp3) is 0.483. The lowest BCUT2D eigenvalue weighted by molar-refractivity contribution is 0.282. The molecule has 1 aromatic heterocycles. The summed E-state index contributed by atoms with van der Waals surface area (Å²) in [6.45, 7) is 0.275. The summed E-state index contributed by atoms with van der Waals surface area (Å²) in [5.74, 6) is -1.17. The number of aliphatic hydroxyl groups excluding tert-OH is 1. The topological polar surface area (TPSA) is 141 Å². The van der Waals surface area contributed by atoms with Gasteiger partial charge in [-0.3, -0.25) is 4.79 Å². The van der Waals surface area contributed by atoms with Crippen molar-refractivity contribution in [3.05, 3.63) is 40.1 Å². The molecule has 3 aromatic rings. The number of hydrogen-bond acceptors (Lipinski definition) is 8. The summed E-state index contributed by atoms with van der Waals surface area (Å²) >= 11 is 0. The number of benzene rings is 2. The minimum absolute atomic E-state index is 0.0287. The van der Waals surface area contributed by atoms with Gasteiger partial charge in [-0.05, 0) is 25.3 Å². The Hall–Kier alpha value is -3.39. The maximum atomic E-state index is 13.5. The van der Waals surface area contributed by atoms with Crippen LogP contribution in [0.25, 0.3) is 22.3 Å². The predicted molar refractivity (Wildman–Crippen MR) is 143 cm³/mol. The van der Waals surface area contributed by atoms with Crippen molar-refractivity contribution in [1.29, 1.82) is 0 Å². The van der Waals surface area contributed by atoms with E-state index < -0.39 is 16.9 Å². The van der Waals surface area contributed by atoms with Crippen molar-refractivity contribution in [1.82, 2.24) is 0 Å². The van der Waals surface area contributed by atoms with E-state index in [1.807, 2.05) is 0 Å². The molecule has 0 saturated carbocycles. The van der Waals surface area contributed by atoms with Gasteiger partial charge >= 0.3 is 0 Å². The molecule has 0 amide bonds. The smallest absolute Gasteiger partial charge is 0.200 e. The average molecular weight is 515 g/mol. The lowest BCUT2D eigenvalue weighted by Gasteiger charge is -2.13. The SMILES string of the molecule is COc1cc(O)c2c(=O)c(CCCCCCCCCCCCCO)c(-c3cc(O)c(O)cc3O)oc2c1. The third-order valence-electron chi connectivity index (χ3n) is 6.70. The first-order valence-electron chi connectivity index (χ1n) is 13.1. The molecular formula is C29H38O8. The minimum atomic E-state index is -0.490.